The second-order valence-corrected chi connectivity index (χ2v) is 5.74. The largest absolute Gasteiger partial charge is 0.465 e. The molecule has 8 heteroatoms. The number of esters is 2. The van der Waals surface area contributed by atoms with Crippen molar-refractivity contribution in [3.63, 3.8) is 0 Å². The molecule has 0 unspecified atom stereocenters. The Labute approximate surface area is 139 Å². The fourth-order valence-electron chi connectivity index (χ4n) is 2.10. The van der Waals surface area contributed by atoms with Crippen LogP contribution in [0.1, 0.15) is 25.9 Å². The lowest BCUT2D eigenvalue weighted by molar-refractivity contribution is 0.0467. The number of aromatic amines is 1. The highest BCUT2D eigenvalue weighted by Crippen LogP contribution is 2.13. The van der Waals surface area contributed by atoms with E-state index >= 15 is 0 Å². The zero-order chi connectivity index (χ0) is 17.1. The molecule has 0 radical (unpaired) electrons. The number of aromatic nitrogens is 2. The third-order valence-electron chi connectivity index (χ3n) is 3.24. The highest BCUT2D eigenvalue weighted by atomic mass is 32.1. The molecule has 0 amide bonds. The Morgan fingerprint density at radius 2 is 2.08 bits per heavy atom. The first-order valence-corrected chi connectivity index (χ1v) is 7.78. The third-order valence-corrected chi connectivity index (χ3v) is 4.09. The third kappa shape index (κ3) is 3.18. The van der Waals surface area contributed by atoms with E-state index in [0.717, 1.165) is 0 Å². The highest BCUT2D eigenvalue weighted by molar-refractivity contribution is 7.11. The van der Waals surface area contributed by atoms with Crippen LogP contribution < -0.4 is 5.56 Å². The molecular weight excluding hydrogens is 332 g/mol. The molecule has 0 bridgehead atoms. The Hall–Kier alpha value is -3.00. The lowest BCUT2D eigenvalue weighted by atomic mass is 10.1. The molecule has 2 aromatic heterocycles. The lowest BCUT2D eigenvalue weighted by Gasteiger charge is -2.05. The van der Waals surface area contributed by atoms with Crippen LogP contribution in [0, 0.1) is 0 Å². The summed E-state index contributed by atoms with van der Waals surface area (Å²) in [6, 6.07) is 7.83. The van der Waals surface area contributed by atoms with Crippen molar-refractivity contribution in [2.45, 2.75) is 6.61 Å². The summed E-state index contributed by atoms with van der Waals surface area (Å²) in [6.07, 6.45) is 0. The molecule has 0 aliphatic heterocycles. The van der Waals surface area contributed by atoms with Crippen molar-refractivity contribution < 1.29 is 19.1 Å². The van der Waals surface area contributed by atoms with Gasteiger partial charge in [-0.2, -0.15) is 0 Å². The molecule has 2 heterocycles. The Morgan fingerprint density at radius 1 is 1.25 bits per heavy atom. The average Bonchev–Trinajstić information content (AvgIpc) is 3.13. The van der Waals surface area contributed by atoms with Crippen molar-refractivity contribution in [1.82, 2.24) is 9.97 Å². The number of rotatable bonds is 4. The zero-order valence-electron chi connectivity index (χ0n) is 12.6. The van der Waals surface area contributed by atoms with Gasteiger partial charge in [-0.1, -0.05) is 6.07 Å². The molecule has 0 aliphatic rings. The van der Waals surface area contributed by atoms with Crippen molar-refractivity contribution in [2.75, 3.05) is 7.11 Å². The molecule has 1 N–H and O–H groups in total. The van der Waals surface area contributed by atoms with Crippen LogP contribution in [0.5, 0.6) is 0 Å². The molecule has 3 rings (SSSR count). The molecule has 0 atom stereocenters. The van der Waals surface area contributed by atoms with Crippen molar-refractivity contribution in [3.8, 4) is 0 Å². The molecule has 0 saturated heterocycles. The molecular formula is C16H12N2O5S. The van der Waals surface area contributed by atoms with E-state index in [1.54, 1.807) is 17.5 Å². The summed E-state index contributed by atoms with van der Waals surface area (Å²) in [5.41, 5.74) is 0.229. The van der Waals surface area contributed by atoms with Crippen LogP contribution >= 0.6 is 11.3 Å². The Morgan fingerprint density at radius 3 is 2.79 bits per heavy atom. The molecule has 3 aromatic rings. The van der Waals surface area contributed by atoms with Gasteiger partial charge >= 0.3 is 11.9 Å². The lowest BCUT2D eigenvalue weighted by Crippen LogP contribution is -2.15. The number of carbonyl (C=O) groups is 2. The Balaban J connectivity index is 1.87. The van der Waals surface area contributed by atoms with Crippen LogP contribution in [-0.4, -0.2) is 29.0 Å². The van der Waals surface area contributed by atoms with E-state index in [9.17, 15) is 14.4 Å². The van der Waals surface area contributed by atoms with Gasteiger partial charge in [0.05, 0.1) is 23.6 Å². The molecule has 0 spiro atoms. The summed E-state index contributed by atoms with van der Waals surface area (Å²) in [4.78, 5) is 42.7. The van der Waals surface area contributed by atoms with Crippen LogP contribution in [0.2, 0.25) is 0 Å². The predicted molar refractivity (Wildman–Crippen MR) is 87.1 cm³/mol. The SMILES string of the molecule is COC(=O)c1ccc2c(=O)[nH]c(COC(=O)c3cccs3)nc2c1. The first-order chi connectivity index (χ1) is 11.6. The second-order valence-electron chi connectivity index (χ2n) is 4.79. The summed E-state index contributed by atoms with van der Waals surface area (Å²) in [5, 5.41) is 2.09. The van der Waals surface area contributed by atoms with E-state index in [1.807, 2.05) is 0 Å². The first-order valence-electron chi connectivity index (χ1n) is 6.90. The van der Waals surface area contributed by atoms with Crippen molar-refractivity contribution in [2.24, 2.45) is 0 Å². The number of nitrogens with zero attached hydrogens (tertiary/aromatic N) is 1. The van der Waals surface area contributed by atoms with E-state index in [0.29, 0.717) is 15.8 Å². The number of methoxy groups -OCH3 is 1. The number of H-pyrrole nitrogens is 1. The summed E-state index contributed by atoms with van der Waals surface area (Å²) in [7, 11) is 1.27. The fraction of sp³-hybridized carbons (Fsp3) is 0.125. The van der Waals surface area contributed by atoms with Crippen LogP contribution in [0.15, 0.2) is 40.5 Å². The van der Waals surface area contributed by atoms with Gasteiger partial charge in [0.15, 0.2) is 0 Å². The average molecular weight is 344 g/mol. The fourth-order valence-corrected chi connectivity index (χ4v) is 2.72. The highest BCUT2D eigenvalue weighted by Gasteiger charge is 2.12. The maximum Gasteiger partial charge on any atom is 0.348 e. The first kappa shape index (κ1) is 15.9. The zero-order valence-corrected chi connectivity index (χ0v) is 13.4. The molecule has 0 fully saturated rings. The van der Waals surface area contributed by atoms with Crippen LogP contribution in [-0.2, 0) is 16.1 Å². The van der Waals surface area contributed by atoms with E-state index in [-0.39, 0.29) is 23.6 Å². The van der Waals surface area contributed by atoms with E-state index in [4.69, 9.17) is 4.74 Å². The number of hydrogen-bond donors (Lipinski definition) is 1. The number of hydrogen-bond acceptors (Lipinski definition) is 7. The smallest absolute Gasteiger partial charge is 0.348 e. The van der Waals surface area contributed by atoms with Gasteiger partial charge in [0.1, 0.15) is 17.3 Å². The summed E-state index contributed by atoms with van der Waals surface area (Å²) in [6.45, 7) is -0.176. The van der Waals surface area contributed by atoms with Crippen molar-refractivity contribution in [3.05, 3.63) is 62.3 Å². The molecule has 7 nitrogen and oxygen atoms in total. The maximum atomic E-state index is 12.1. The number of fused-ring (bicyclic) bond motifs is 1. The van der Waals surface area contributed by atoms with Gasteiger partial charge in [0, 0.05) is 0 Å². The van der Waals surface area contributed by atoms with Crippen molar-refractivity contribution >= 4 is 34.2 Å². The van der Waals surface area contributed by atoms with E-state index in [1.165, 1.54) is 36.6 Å². The molecule has 0 aliphatic carbocycles. The minimum Gasteiger partial charge on any atom is -0.465 e. The molecule has 122 valence electrons. The quantitative estimate of drug-likeness (QED) is 0.728. The Kier molecular flexibility index (Phi) is 4.39. The normalized spacial score (nSPS) is 10.5. The molecule has 0 saturated carbocycles. The van der Waals surface area contributed by atoms with Gasteiger partial charge in [-0.15, -0.1) is 11.3 Å². The topological polar surface area (TPSA) is 98.4 Å². The van der Waals surface area contributed by atoms with Crippen LogP contribution in [0.4, 0.5) is 0 Å². The number of thiophene rings is 1. The number of carbonyl (C=O) groups excluding carboxylic acids is 2. The second kappa shape index (κ2) is 6.63. The number of ether oxygens (including phenoxy) is 2. The minimum absolute atomic E-state index is 0.176. The van der Waals surface area contributed by atoms with Gasteiger partial charge in [-0.25, -0.2) is 14.6 Å². The standard InChI is InChI=1S/C16H12N2O5S/c1-22-15(20)9-4-5-10-11(7-9)17-13(18-14(10)19)8-23-16(21)12-3-2-6-24-12/h2-7H,8H2,1H3,(H,17,18,19). The number of nitrogens with one attached hydrogen (secondary N) is 1. The molecule has 24 heavy (non-hydrogen) atoms. The van der Waals surface area contributed by atoms with Crippen LogP contribution in [0.3, 0.4) is 0 Å². The maximum absolute atomic E-state index is 12.1. The van der Waals surface area contributed by atoms with Crippen molar-refractivity contribution in [1.29, 1.82) is 0 Å². The minimum atomic E-state index is -0.523. The van der Waals surface area contributed by atoms with Crippen LogP contribution in [0.25, 0.3) is 10.9 Å². The summed E-state index contributed by atoms with van der Waals surface area (Å²) in [5.74, 6) is -0.819. The van der Waals surface area contributed by atoms with Gasteiger partial charge < -0.3 is 14.5 Å². The monoisotopic (exact) mass is 344 g/mol. The van der Waals surface area contributed by atoms with Gasteiger partial charge in [0.2, 0.25) is 0 Å². The van der Waals surface area contributed by atoms with Gasteiger partial charge in [0.25, 0.3) is 5.56 Å². The van der Waals surface area contributed by atoms with E-state index in [2.05, 4.69) is 14.7 Å². The summed E-state index contributed by atoms with van der Waals surface area (Å²) < 4.78 is 9.77. The molecule has 1 aromatic carbocycles. The van der Waals surface area contributed by atoms with Gasteiger partial charge in [-0.05, 0) is 29.6 Å². The Bertz CT molecular complexity index is 962. The number of benzene rings is 1. The van der Waals surface area contributed by atoms with E-state index < -0.39 is 11.9 Å². The summed E-state index contributed by atoms with van der Waals surface area (Å²) >= 11 is 1.26. The predicted octanol–water partition coefficient (Wildman–Crippen LogP) is 2.13. The van der Waals surface area contributed by atoms with Gasteiger partial charge in [-0.3, -0.25) is 4.79 Å².